The Bertz CT molecular complexity index is 508. The third-order valence-electron chi connectivity index (χ3n) is 2.65. The number of ether oxygens (including phenoxy) is 1. The average Bonchev–Trinajstić information content (AvgIpc) is 2.38. The number of aryl methyl sites for hydroxylation is 1. The van der Waals surface area contributed by atoms with Crippen LogP contribution in [-0.2, 0) is 0 Å². The van der Waals surface area contributed by atoms with Crippen molar-refractivity contribution in [3.8, 4) is 5.75 Å². The molecule has 0 fully saturated rings. The number of halogens is 1. The van der Waals surface area contributed by atoms with E-state index in [9.17, 15) is 9.50 Å². The van der Waals surface area contributed by atoms with Gasteiger partial charge in [0.25, 0.3) is 0 Å². The Morgan fingerprint density at radius 3 is 2.56 bits per heavy atom. The second kappa shape index (κ2) is 5.65. The molecule has 0 saturated carbocycles. The molecule has 0 amide bonds. The average molecular weight is 246 g/mol. The minimum absolute atomic E-state index is 0.148. The van der Waals surface area contributed by atoms with Crippen LogP contribution in [0.3, 0.4) is 0 Å². The second-order valence-electron chi connectivity index (χ2n) is 4.19. The highest BCUT2D eigenvalue weighted by Gasteiger charge is 2.08. The van der Waals surface area contributed by atoms with Crippen LogP contribution in [-0.4, -0.2) is 11.7 Å². The minimum atomic E-state index is -0.685. The first-order chi connectivity index (χ1) is 8.65. The van der Waals surface area contributed by atoms with Crippen molar-refractivity contribution in [3.63, 3.8) is 0 Å². The van der Waals surface area contributed by atoms with Crippen molar-refractivity contribution < 1.29 is 14.2 Å². The molecule has 0 saturated heterocycles. The fourth-order valence-electron chi connectivity index (χ4n) is 1.68. The van der Waals surface area contributed by atoms with E-state index in [0.717, 1.165) is 11.1 Å². The number of aliphatic hydroxyl groups excluding tert-OH is 1. The van der Waals surface area contributed by atoms with Crippen molar-refractivity contribution in [1.29, 1.82) is 0 Å². The van der Waals surface area contributed by atoms with Gasteiger partial charge >= 0.3 is 0 Å². The Hall–Kier alpha value is -1.87. The molecule has 0 aromatic heterocycles. The summed E-state index contributed by atoms with van der Waals surface area (Å²) in [7, 11) is 0. The van der Waals surface area contributed by atoms with E-state index in [-0.39, 0.29) is 12.4 Å². The highest BCUT2D eigenvalue weighted by Crippen LogP contribution is 2.17. The van der Waals surface area contributed by atoms with Crippen LogP contribution >= 0.6 is 0 Å². The maximum absolute atomic E-state index is 12.7. The molecule has 1 atom stereocenters. The van der Waals surface area contributed by atoms with Crippen molar-refractivity contribution >= 4 is 0 Å². The van der Waals surface area contributed by atoms with Crippen LogP contribution in [0.2, 0.25) is 0 Å². The van der Waals surface area contributed by atoms with E-state index in [2.05, 4.69) is 0 Å². The van der Waals surface area contributed by atoms with Crippen molar-refractivity contribution in [2.24, 2.45) is 0 Å². The van der Waals surface area contributed by atoms with Gasteiger partial charge in [0.1, 0.15) is 24.3 Å². The van der Waals surface area contributed by atoms with Crippen LogP contribution in [0.1, 0.15) is 17.2 Å². The molecule has 0 bridgehead atoms. The number of rotatable bonds is 4. The first-order valence-electron chi connectivity index (χ1n) is 5.78. The van der Waals surface area contributed by atoms with E-state index in [4.69, 9.17) is 4.74 Å². The lowest BCUT2D eigenvalue weighted by atomic mass is 10.1. The molecular weight excluding hydrogens is 231 g/mol. The van der Waals surface area contributed by atoms with Gasteiger partial charge in [-0.15, -0.1) is 0 Å². The lowest BCUT2D eigenvalue weighted by molar-refractivity contribution is 0.108. The van der Waals surface area contributed by atoms with Gasteiger partial charge in [0.15, 0.2) is 0 Å². The molecule has 18 heavy (non-hydrogen) atoms. The monoisotopic (exact) mass is 246 g/mol. The fourth-order valence-corrected chi connectivity index (χ4v) is 1.68. The molecule has 2 aromatic carbocycles. The molecule has 0 aliphatic rings. The summed E-state index contributed by atoms with van der Waals surface area (Å²) in [5.74, 6) is 0.240. The third-order valence-corrected chi connectivity index (χ3v) is 2.65. The number of hydrogen-bond acceptors (Lipinski definition) is 2. The first kappa shape index (κ1) is 12.6. The molecule has 2 nitrogen and oxygen atoms in total. The van der Waals surface area contributed by atoms with Crippen molar-refractivity contribution in [1.82, 2.24) is 0 Å². The summed E-state index contributed by atoms with van der Waals surface area (Å²) >= 11 is 0. The zero-order valence-electron chi connectivity index (χ0n) is 10.1. The number of benzene rings is 2. The molecule has 2 aromatic rings. The summed E-state index contributed by atoms with van der Waals surface area (Å²) in [6, 6.07) is 13.4. The van der Waals surface area contributed by atoms with Crippen LogP contribution in [0.25, 0.3) is 0 Å². The van der Waals surface area contributed by atoms with Gasteiger partial charge in [-0.2, -0.15) is 0 Å². The maximum atomic E-state index is 12.7. The van der Waals surface area contributed by atoms with Crippen LogP contribution < -0.4 is 4.74 Å². The summed E-state index contributed by atoms with van der Waals surface area (Å²) < 4.78 is 18.1. The molecule has 0 spiro atoms. The van der Waals surface area contributed by atoms with E-state index in [1.54, 1.807) is 0 Å². The minimum Gasteiger partial charge on any atom is -0.491 e. The summed E-state index contributed by atoms with van der Waals surface area (Å²) in [5, 5.41) is 9.96. The topological polar surface area (TPSA) is 29.5 Å². The summed E-state index contributed by atoms with van der Waals surface area (Å²) in [4.78, 5) is 0. The fraction of sp³-hybridized carbons (Fsp3) is 0.200. The van der Waals surface area contributed by atoms with Gasteiger partial charge < -0.3 is 9.84 Å². The molecule has 0 radical (unpaired) electrons. The normalized spacial score (nSPS) is 12.2. The Labute approximate surface area is 106 Å². The van der Waals surface area contributed by atoms with E-state index >= 15 is 0 Å². The second-order valence-corrected chi connectivity index (χ2v) is 4.19. The maximum Gasteiger partial charge on any atom is 0.123 e. The zero-order chi connectivity index (χ0) is 13.0. The molecular formula is C15H15FO2. The van der Waals surface area contributed by atoms with Crippen molar-refractivity contribution in [3.05, 3.63) is 65.5 Å². The predicted molar refractivity (Wildman–Crippen MR) is 68.0 cm³/mol. The van der Waals surface area contributed by atoms with E-state index < -0.39 is 6.10 Å². The highest BCUT2D eigenvalue weighted by atomic mass is 19.1. The quantitative estimate of drug-likeness (QED) is 0.897. The van der Waals surface area contributed by atoms with Gasteiger partial charge in [0.2, 0.25) is 0 Å². The molecule has 0 aliphatic heterocycles. The van der Waals surface area contributed by atoms with Gasteiger partial charge in [-0.3, -0.25) is 0 Å². The predicted octanol–water partition coefficient (Wildman–Crippen LogP) is 3.25. The van der Waals surface area contributed by atoms with E-state index in [1.165, 1.54) is 24.3 Å². The molecule has 1 unspecified atom stereocenters. The van der Waals surface area contributed by atoms with Crippen molar-refractivity contribution in [2.45, 2.75) is 13.0 Å². The first-order valence-corrected chi connectivity index (χ1v) is 5.78. The third kappa shape index (κ3) is 3.31. The summed E-state index contributed by atoms with van der Waals surface area (Å²) in [5.41, 5.74) is 1.91. The van der Waals surface area contributed by atoms with E-state index in [1.807, 2.05) is 31.2 Å². The highest BCUT2D eigenvalue weighted by molar-refractivity contribution is 5.25. The molecule has 1 N–H and O–H groups in total. The largest absolute Gasteiger partial charge is 0.491 e. The van der Waals surface area contributed by atoms with Crippen LogP contribution in [0, 0.1) is 12.7 Å². The lowest BCUT2D eigenvalue weighted by Gasteiger charge is -2.13. The smallest absolute Gasteiger partial charge is 0.123 e. The molecule has 94 valence electrons. The molecule has 2 rings (SSSR count). The van der Waals surface area contributed by atoms with Crippen LogP contribution in [0.5, 0.6) is 5.75 Å². The van der Waals surface area contributed by atoms with Crippen LogP contribution in [0.15, 0.2) is 48.5 Å². The molecule has 0 aliphatic carbocycles. The Kier molecular flexibility index (Phi) is 3.95. The van der Waals surface area contributed by atoms with Gasteiger partial charge in [-0.25, -0.2) is 4.39 Å². The van der Waals surface area contributed by atoms with Gasteiger partial charge in [0.05, 0.1) is 0 Å². The van der Waals surface area contributed by atoms with Gasteiger partial charge in [-0.1, -0.05) is 29.8 Å². The van der Waals surface area contributed by atoms with Gasteiger partial charge in [-0.05, 0) is 36.8 Å². The summed E-state index contributed by atoms with van der Waals surface area (Å²) in [6.45, 7) is 2.12. The van der Waals surface area contributed by atoms with Crippen LogP contribution in [0.4, 0.5) is 4.39 Å². The van der Waals surface area contributed by atoms with Crippen molar-refractivity contribution in [2.75, 3.05) is 6.61 Å². The standard InChI is InChI=1S/C15H15FO2/c1-11-3-2-4-12(9-11)15(17)10-18-14-7-5-13(16)6-8-14/h2-9,15,17H,10H2,1H3. The van der Waals surface area contributed by atoms with E-state index in [0.29, 0.717) is 5.75 Å². The number of aliphatic hydroxyl groups is 1. The molecule has 0 heterocycles. The Morgan fingerprint density at radius 1 is 1.17 bits per heavy atom. The molecule has 3 heteroatoms. The Morgan fingerprint density at radius 2 is 1.89 bits per heavy atom. The Balaban J connectivity index is 1.96. The number of hydrogen-bond donors (Lipinski definition) is 1. The summed E-state index contributed by atoms with van der Waals surface area (Å²) in [6.07, 6.45) is -0.685. The lowest BCUT2D eigenvalue weighted by Crippen LogP contribution is -2.09. The SMILES string of the molecule is Cc1cccc(C(O)COc2ccc(F)cc2)c1. The zero-order valence-corrected chi connectivity index (χ0v) is 10.1. The van der Waals surface area contributed by atoms with Gasteiger partial charge in [0, 0.05) is 0 Å².